The fourth-order valence-electron chi connectivity index (χ4n) is 2.38. The lowest BCUT2D eigenvalue weighted by Crippen LogP contribution is -2.21. The highest BCUT2D eigenvalue weighted by Gasteiger charge is 2.41. The van der Waals surface area contributed by atoms with E-state index in [-0.39, 0.29) is 19.2 Å². The van der Waals surface area contributed by atoms with E-state index in [2.05, 4.69) is 20.3 Å². The minimum absolute atomic E-state index is 0.0682. The summed E-state index contributed by atoms with van der Waals surface area (Å²) in [4.78, 5) is 12.6. The first kappa shape index (κ1) is 13.6. The summed E-state index contributed by atoms with van der Waals surface area (Å²) in [6, 6.07) is 0. The van der Waals surface area contributed by atoms with Crippen molar-refractivity contribution in [1.29, 1.82) is 0 Å². The van der Waals surface area contributed by atoms with E-state index in [0.29, 0.717) is 29.8 Å². The van der Waals surface area contributed by atoms with Crippen molar-refractivity contribution < 1.29 is 19.7 Å². The van der Waals surface area contributed by atoms with Crippen molar-refractivity contribution in [3.63, 3.8) is 0 Å². The van der Waals surface area contributed by atoms with E-state index in [1.165, 1.54) is 0 Å². The zero-order valence-corrected chi connectivity index (χ0v) is 11.6. The second-order valence-corrected chi connectivity index (χ2v) is 5.45. The van der Waals surface area contributed by atoms with E-state index in [0.717, 1.165) is 0 Å². The van der Waals surface area contributed by atoms with Crippen LogP contribution in [0.25, 0.3) is 11.2 Å². The molecule has 3 heterocycles. The van der Waals surface area contributed by atoms with Crippen LogP contribution in [-0.4, -0.2) is 55.0 Å². The summed E-state index contributed by atoms with van der Waals surface area (Å²) < 4.78 is 12.5. The molecule has 1 aliphatic carbocycles. The first-order valence-corrected chi connectivity index (χ1v) is 6.96. The Labute approximate surface area is 124 Å². The van der Waals surface area contributed by atoms with Crippen molar-refractivity contribution in [1.82, 2.24) is 19.5 Å². The second kappa shape index (κ2) is 4.74. The highest BCUT2D eigenvalue weighted by atomic mass is 16.7. The van der Waals surface area contributed by atoms with Gasteiger partial charge in [0.2, 0.25) is 5.95 Å². The molecule has 1 saturated heterocycles. The zero-order chi connectivity index (χ0) is 15.3. The Morgan fingerprint density at radius 2 is 2.27 bits per heavy atom. The van der Waals surface area contributed by atoms with Gasteiger partial charge in [-0.1, -0.05) is 0 Å². The van der Waals surface area contributed by atoms with Gasteiger partial charge in [-0.15, -0.1) is 0 Å². The topological polar surface area (TPSA) is 141 Å². The maximum Gasteiger partial charge on any atom is 0.224 e. The number of aliphatic hydroxyl groups is 2. The molecule has 2 aliphatic rings. The number of aliphatic hydroxyl groups excluding tert-OH is 1. The Morgan fingerprint density at radius 3 is 2.95 bits per heavy atom. The molecule has 22 heavy (non-hydrogen) atoms. The summed E-state index contributed by atoms with van der Waals surface area (Å²) in [6.45, 7) is 0.0490. The summed E-state index contributed by atoms with van der Waals surface area (Å²) in [5.41, 5.74) is 5.78. The Morgan fingerprint density at radius 1 is 1.45 bits per heavy atom. The lowest BCUT2D eigenvalue weighted by molar-refractivity contribution is -0.0980. The number of rotatable bonds is 4. The number of fused-ring (bicyclic) bond motifs is 1. The summed E-state index contributed by atoms with van der Waals surface area (Å²) in [7, 11) is 0. The normalized spacial score (nSPS) is 26.5. The number of nitrogens with one attached hydrogen (secondary N) is 1. The van der Waals surface area contributed by atoms with E-state index in [4.69, 9.17) is 20.3 Å². The Balaban J connectivity index is 1.72. The van der Waals surface area contributed by atoms with Gasteiger partial charge in [0.05, 0.1) is 19.5 Å². The van der Waals surface area contributed by atoms with Gasteiger partial charge in [0, 0.05) is 0 Å². The fraction of sp³-hybridized carbons (Fsp3) is 0.583. The number of nitrogen functional groups attached to an aromatic ring is 1. The molecule has 1 unspecified atom stereocenters. The van der Waals surface area contributed by atoms with Crippen molar-refractivity contribution in [2.75, 3.05) is 24.3 Å². The Kier molecular flexibility index (Phi) is 2.94. The monoisotopic (exact) mass is 308 g/mol. The number of hydrogen-bond acceptors (Lipinski definition) is 9. The minimum Gasteiger partial charge on any atom is -0.391 e. The largest absolute Gasteiger partial charge is 0.391 e. The van der Waals surface area contributed by atoms with Crippen LogP contribution >= 0.6 is 0 Å². The molecular weight excluding hydrogens is 292 g/mol. The molecule has 2 atom stereocenters. The summed E-state index contributed by atoms with van der Waals surface area (Å²) >= 11 is 0. The number of anilines is 2. The SMILES string of the molecule is Nc1nc(NC2(O)CC2)c2ncn(C3CO[C@@H](CO)O3)c2n1. The average molecular weight is 308 g/mol. The van der Waals surface area contributed by atoms with E-state index >= 15 is 0 Å². The van der Waals surface area contributed by atoms with Gasteiger partial charge in [0.25, 0.3) is 0 Å². The molecule has 1 aliphatic heterocycles. The van der Waals surface area contributed by atoms with Gasteiger partial charge in [-0.05, 0) is 12.8 Å². The van der Waals surface area contributed by atoms with Crippen LogP contribution < -0.4 is 11.1 Å². The van der Waals surface area contributed by atoms with Crippen LogP contribution in [0.1, 0.15) is 19.1 Å². The number of nitrogens with zero attached hydrogens (tertiary/aromatic N) is 4. The van der Waals surface area contributed by atoms with Crippen LogP contribution in [0.3, 0.4) is 0 Å². The van der Waals surface area contributed by atoms with Crippen LogP contribution in [-0.2, 0) is 9.47 Å². The molecule has 0 radical (unpaired) electrons. The van der Waals surface area contributed by atoms with Crippen LogP contribution in [0, 0.1) is 0 Å². The van der Waals surface area contributed by atoms with Crippen LogP contribution in [0.15, 0.2) is 6.33 Å². The molecule has 0 spiro atoms. The lowest BCUT2D eigenvalue weighted by atomic mass is 10.4. The number of aromatic nitrogens is 4. The number of ether oxygens (including phenoxy) is 2. The maximum atomic E-state index is 10.00. The predicted octanol–water partition coefficient (Wildman–Crippen LogP) is -0.833. The quantitative estimate of drug-likeness (QED) is 0.532. The van der Waals surface area contributed by atoms with Crippen LogP contribution in [0.4, 0.5) is 11.8 Å². The Bertz CT molecular complexity index is 715. The van der Waals surface area contributed by atoms with Crippen molar-refractivity contribution in [3.8, 4) is 0 Å². The molecule has 2 aromatic heterocycles. The summed E-state index contributed by atoms with van der Waals surface area (Å²) in [6.07, 6.45) is 1.74. The molecule has 10 nitrogen and oxygen atoms in total. The molecule has 4 rings (SSSR count). The van der Waals surface area contributed by atoms with E-state index in [9.17, 15) is 5.11 Å². The molecule has 118 valence electrons. The second-order valence-electron chi connectivity index (χ2n) is 5.45. The molecule has 2 aromatic rings. The van der Waals surface area contributed by atoms with E-state index in [1.807, 2.05) is 0 Å². The minimum atomic E-state index is -0.938. The highest BCUT2D eigenvalue weighted by molar-refractivity contribution is 5.84. The first-order valence-electron chi connectivity index (χ1n) is 6.96. The van der Waals surface area contributed by atoms with Gasteiger partial charge < -0.3 is 30.7 Å². The van der Waals surface area contributed by atoms with Gasteiger partial charge >= 0.3 is 0 Å². The van der Waals surface area contributed by atoms with Gasteiger partial charge in [-0.25, -0.2) is 4.98 Å². The summed E-state index contributed by atoms with van der Waals surface area (Å²) in [5.74, 6) is 0.456. The molecule has 0 amide bonds. The lowest BCUT2D eigenvalue weighted by Gasteiger charge is -2.13. The van der Waals surface area contributed by atoms with Gasteiger partial charge in [-0.3, -0.25) is 4.57 Å². The molecule has 1 saturated carbocycles. The van der Waals surface area contributed by atoms with Crippen molar-refractivity contribution in [2.45, 2.75) is 31.1 Å². The van der Waals surface area contributed by atoms with Gasteiger partial charge in [0.15, 0.2) is 29.5 Å². The Hall–Kier alpha value is -2.01. The van der Waals surface area contributed by atoms with Gasteiger partial charge in [-0.2, -0.15) is 9.97 Å². The molecule has 10 heteroatoms. The van der Waals surface area contributed by atoms with Crippen molar-refractivity contribution in [2.24, 2.45) is 0 Å². The molecular formula is C12H16N6O4. The third-order valence-electron chi connectivity index (χ3n) is 3.71. The molecule has 0 bridgehead atoms. The van der Waals surface area contributed by atoms with Crippen LogP contribution in [0.5, 0.6) is 0 Å². The van der Waals surface area contributed by atoms with Crippen molar-refractivity contribution in [3.05, 3.63) is 6.33 Å². The van der Waals surface area contributed by atoms with Gasteiger partial charge in [0.1, 0.15) is 5.72 Å². The smallest absolute Gasteiger partial charge is 0.224 e. The summed E-state index contributed by atoms with van der Waals surface area (Å²) in [5, 5.41) is 22.0. The standard InChI is InChI=1S/C12H16N6O4/c13-11-15-9(17-12(20)1-2-12)8-10(16-11)18(5-14-8)6-4-21-7(3-19)22-6/h5-7,19-20H,1-4H2,(H3,13,15,16,17)/t6?,7-/m1/s1. The predicted molar refractivity (Wildman–Crippen MR) is 74.5 cm³/mol. The fourth-order valence-corrected chi connectivity index (χ4v) is 2.38. The molecule has 2 fully saturated rings. The number of imidazole rings is 1. The zero-order valence-electron chi connectivity index (χ0n) is 11.6. The van der Waals surface area contributed by atoms with Crippen molar-refractivity contribution >= 4 is 22.9 Å². The maximum absolute atomic E-state index is 10.00. The highest BCUT2D eigenvalue weighted by Crippen LogP contribution is 2.37. The van der Waals surface area contributed by atoms with Crippen LogP contribution in [0.2, 0.25) is 0 Å². The molecule has 0 aromatic carbocycles. The first-order chi connectivity index (χ1) is 10.6. The number of hydrogen-bond donors (Lipinski definition) is 4. The third-order valence-corrected chi connectivity index (χ3v) is 3.71. The molecule has 5 N–H and O–H groups in total. The number of nitrogens with two attached hydrogens (primary N) is 1. The van der Waals surface area contributed by atoms with E-state index < -0.39 is 18.2 Å². The van der Waals surface area contributed by atoms with E-state index in [1.54, 1.807) is 10.9 Å². The third kappa shape index (κ3) is 2.25. The average Bonchev–Trinajstić information content (AvgIpc) is 2.93.